The van der Waals surface area contributed by atoms with Crippen LogP contribution >= 0.6 is 22.9 Å². The molecule has 0 unspecified atom stereocenters. The molecule has 3 nitrogen and oxygen atoms in total. The van der Waals surface area contributed by atoms with Crippen LogP contribution in [0.15, 0.2) is 11.4 Å². The summed E-state index contributed by atoms with van der Waals surface area (Å²) >= 11 is 7.88. The maximum Gasteiger partial charge on any atom is 0.145 e. The van der Waals surface area contributed by atoms with Gasteiger partial charge in [-0.15, -0.1) is 11.3 Å². The second-order valence-corrected chi connectivity index (χ2v) is 6.93. The van der Waals surface area contributed by atoms with Crippen LogP contribution < -0.4 is 0 Å². The van der Waals surface area contributed by atoms with Crippen molar-refractivity contribution in [2.24, 2.45) is 5.92 Å². The van der Waals surface area contributed by atoms with E-state index >= 15 is 0 Å². The van der Waals surface area contributed by atoms with E-state index in [2.05, 4.69) is 14.9 Å². The van der Waals surface area contributed by atoms with E-state index in [1.165, 1.54) is 32.2 Å². The molecule has 0 amide bonds. The summed E-state index contributed by atoms with van der Waals surface area (Å²) in [4.78, 5) is 12.7. The first kappa shape index (κ1) is 12.1. The Morgan fingerprint density at radius 2 is 2.11 bits per heavy atom. The highest BCUT2D eigenvalue weighted by molar-refractivity contribution is 7.16. The van der Waals surface area contributed by atoms with Crippen LogP contribution in [0, 0.1) is 5.92 Å². The quantitative estimate of drug-likeness (QED) is 0.787. The summed E-state index contributed by atoms with van der Waals surface area (Å²) in [6.07, 6.45) is 5.47. The molecular weight excluding hydrogens is 278 g/mol. The fraction of sp³-hybridized carbons (Fsp3) is 0.571. The van der Waals surface area contributed by atoms with Crippen molar-refractivity contribution in [3.05, 3.63) is 22.4 Å². The average Bonchev–Trinajstić information content (AvgIpc) is 3.28. The van der Waals surface area contributed by atoms with Crippen LogP contribution in [0.4, 0.5) is 0 Å². The molecule has 0 saturated heterocycles. The van der Waals surface area contributed by atoms with E-state index in [1.54, 1.807) is 11.3 Å². The highest BCUT2D eigenvalue weighted by atomic mass is 35.5. The standard InChI is InChI=1S/C14H16ClN3S/c15-13-11-5-6-19-14(11)17-12(16-13)8-18(10-3-4-10)7-9-1-2-9/h5-6,9-10H,1-4,7-8H2. The lowest BCUT2D eigenvalue weighted by molar-refractivity contribution is 0.238. The van der Waals surface area contributed by atoms with E-state index in [1.807, 2.05) is 11.4 Å². The van der Waals surface area contributed by atoms with Gasteiger partial charge in [0.1, 0.15) is 15.8 Å². The van der Waals surface area contributed by atoms with Gasteiger partial charge in [0, 0.05) is 18.0 Å². The van der Waals surface area contributed by atoms with E-state index < -0.39 is 0 Å². The summed E-state index contributed by atoms with van der Waals surface area (Å²) < 4.78 is 0. The number of fused-ring (bicyclic) bond motifs is 1. The van der Waals surface area contributed by atoms with E-state index in [9.17, 15) is 0 Å². The van der Waals surface area contributed by atoms with Gasteiger partial charge in [-0.1, -0.05) is 11.6 Å². The number of thiophene rings is 1. The molecule has 100 valence electrons. The van der Waals surface area contributed by atoms with Crippen LogP contribution in [0.3, 0.4) is 0 Å². The molecule has 0 aliphatic heterocycles. The van der Waals surface area contributed by atoms with E-state index in [4.69, 9.17) is 11.6 Å². The zero-order valence-corrected chi connectivity index (χ0v) is 12.3. The van der Waals surface area contributed by atoms with Crippen LogP contribution in [0.1, 0.15) is 31.5 Å². The SMILES string of the molecule is Clc1nc(CN(CC2CC2)C2CC2)nc2sccc12. The minimum absolute atomic E-state index is 0.600. The van der Waals surface area contributed by atoms with Gasteiger partial charge in [0.05, 0.1) is 6.54 Å². The molecule has 4 rings (SSSR count). The number of hydrogen-bond donors (Lipinski definition) is 0. The van der Waals surface area contributed by atoms with Gasteiger partial charge in [-0.25, -0.2) is 9.97 Å². The fourth-order valence-corrected chi connectivity index (χ4v) is 3.62. The number of rotatable bonds is 5. The molecule has 2 heterocycles. The molecule has 0 N–H and O–H groups in total. The molecule has 0 atom stereocenters. The number of hydrogen-bond acceptors (Lipinski definition) is 4. The fourth-order valence-electron chi connectivity index (χ4n) is 2.53. The Labute approximate surface area is 121 Å². The Kier molecular flexibility index (Phi) is 2.98. The van der Waals surface area contributed by atoms with Crippen molar-refractivity contribution in [1.82, 2.24) is 14.9 Å². The van der Waals surface area contributed by atoms with Crippen molar-refractivity contribution in [3.8, 4) is 0 Å². The first-order valence-corrected chi connectivity index (χ1v) is 8.19. The third-order valence-corrected chi connectivity index (χ3v) is 5.02. The zero-order valence-electron chi connectivity index (χ0n) is 10.7. The van der Waals surface area contributed by atoms with Gasteiger partial charge in [0.2, 0.25) is 0 Å². The third kappa shape index (κ3) is 2.62. The van der Waals surface area contributed by atoms with Crippen LogP contribution in [-0.2, 0) is 6.54 Å². The first-order valence-electron chi connectivity index (χ1n) is 6.93. The van der Waals surface area contributed by atoms with Crippen LogP contribution in [0.5, 0.6) is 0 Å². The normalized spacial score (nSPS) is 19.5. The van der Waals surface area contributed by atoms with Crippen molar-refractivity contribution in [1.29, 1.82) is 0 Å². The van der Waals surface area contributed by atoms with Gasteiger partial charge in [-0.05, 0) is 43.0 Å². The summed E-state index contributed by atoms with van der Waals surface area (Å²) in [6.45, 7) is 2.07. The molecule has 2 aliphatic rings. The molecule has 0 spiro atoms. The van der Waals surface area contributed by atoms with Gasteiger partial charge in [0.15, 0.2) is 0 Å². The van der Waals surface area contributed by atoms with E-state index in [0.29, 0.717) is 5.15 Å². The zero-order chi connectivity index (χ0) is 12.8. The largest absolute Gasteiger partial charge is 0.293 e. The van der Waals surface area contributed by atoms with Crippen molar-refractivity contribution >= 4 is 33.2 Å². The Balaban J connectivity index is 1.58. The van der Waals surface area contributed by atoms with Gasteiger partial charge in [-0.3, -0.25) is 4.90 Å². The lowest BCUT2D eigenvalue weighted by atomic mass is 10.3. The van der Waals surface area contributed by atoms with Crippen LogP contribution in [-0.4, -0.2) is 27.5 Å². The van der Waals surface area contributed by atoms with Crippen molar-refractivity contribution in [3.63, 3.8) is 0 Å². The molecule has 2 aromatic rings. The summed E-state index contributed by atoms with van der Waals surface area (Å²) in [7, 11) is 0. The molecule has 0 bridgehead atoms. The van der Waals surface area contributed by atoms with E-state index in [0.717, 1.165) is 34.5 Å². The molecule has 19 heavy (non-hydrogen) atoms. The number of halogens is 1. The molecular formula is C14H16ClN3S. The maximum atomic E-state index is 6.24. The van der Waals surface area contributed by atoms with Crippen molar-refractivity contribution in [2.45, 2.75) is 38.3 Å². The highest BCUT2D eigenvalue weighted by Gasteiger charge is 2.34. The number of nitrogens with zero attached hydrogens (tertiary/aromatic N) is 3. The average molecular weight is 294 g/mol. The molecule has 0 radical (unpaired) electrons. The second-order valence-electron chi connectivity index (χ2n) is 5.67. The van der Waals surface area contributed by atoms with Gasteiger partial charge < -0.3 is 0 Å². The van der Waals surface area contributed by atoms with E-state index in [-0.39, 0.29) is 0 Å². The minimum Gasteiger partial charge on any atom is -0.293 e. The molecule has 2 aromatic heterocycles. The topological polar surface area (TPSA) is 29.0 Å². The second kappa shape index (κ2) is 4.69. The van der Waals surface area contributed by atoms with Gasteiger partial charge >= 0.3 is 0 Å². The lowest BCUT2D eigenvalue weighted by Crippen LogP contribution is -2.28. The Bertz CT molecular complexity index is 604. The van der Waals surface area contributed by atoms with Crippen LogP contribution in [0.25, 0.3) is 10.2 Å². The maximum absolute atomic E-state index is 6.24. The first-order chi connectivity index (χ1) is 9.29. The Morgan fingerprint density at radius 1 is 1.26 bits per heavy atom. The summed E-state index contributed by atoms with van der Waals surface area (Å²) in [5.41, 5.74) is 0. The Morgan fingerprint density at radius 3 is 2.84 bits per heavy atom. The minimum atomic E-state index is 0.600. The monoisotopic (exact) mass is 293 g/mol. The van der Waals surface area contributed by atoms with Crippen molar-refractivity contribution < 1.29 is 0 Å². The van der Waals surface area contributed by atoms with Crippen molar-refractivity contribution in [2.75, 3.05) is 6.54 Å². The predicted octanol–water partition coefficient (Wildman–Crippen LogP) is 3.72. The van der Waals surface area contributed by atoms with Gasteiger partial charge in [-0.2, -0.15) is 0 Å². The molecule has 2 saturated carbocycles. The molecule has 5 heteroatoms. The number of aromatic nitrogens is 2. The summed E-state index contributed by atoms with van der Waals surface area (Å²) in [6, 6.07) is 2.76. The Hall–Kier alpha value is -0.710. The highest BCUT2D eigenvalue weighted by Crippen LogP contribution is 2.35. The smallest absolute Gasteiger partial charge is 0.145 e. The predicted molar refractivity (Wildman–Crippen MR) is 78.6 cm³/mol. The summed E-state index contributed by atoms with van der Waals surface area (Å²) in [5.74, 6) is 1.80. The van der Waals surface area contributed by atoms with Gasteiger partial charge in [0.25, 0.3) is 0 Å². The molecule has 2 aliphatic carbocycles. The van der Waals surface area contributed by atoms with Crippen LogP contribution in [0.2, 0.25) is 5.15 Å². The lowest BCUT2D eigenvalue weighted by Gasteiger charge is -2.20. The third-order valence-electron chi connectivity index (χ3n) is 3.92. The molecule has 2 fully saturated rings. The summed E-state index contributed by atoms with van der Waals surface area (Å²) in [5, 5.41) is 3.61. The molecule has 0 aromatic carbocycles.